The van der Waals surface area contributed by atoms with Crippen molar-refractivity contribution in [1.29, 1.82) is 0 Å². The van der Waals surface area contributed by atoms with Gasteiger partial charge in [0.1, 0.15) is 11.5 Å². The second kappa shape index (κ2) is 7.97. The maximum Gasteiger partial charge on any atom is 0.238 e. The van der Waals surface area contributed by atoms with Gasteiger partial charge < -0.3 is 20.1 Å². The highest BCUT2D eigenvalue weighted by Gasteiger charge is 2.12. The number of nitrogens with one attached hydrogen (secondary N) is 2. The molecule has 0 aliphatic carbocycles. The van der Waals surface area contributed by atoms with Crippen molar-refractivity contribution in [3.63, 3.8) is 0 Å². The van der Waals surface area contributed by atoms with Crippen molar-refractivity contribution in [3.05, 3.63) is 17.2 Å². The third-order valence-corrected chi connectivity index (χ3v) is 3.27. The molecule has 0 aromatic heterocycles. The van der Waals surface area contributed by atoms with E-state index in [0.717, 1.165) is 6.42 Å². The number of carbonyl (C=O) groups is 1. The summed E-state index contributed by atoms with van der Waals surface area (Å²) in [7, 11) is 3.05. The Morgan fingerprint density at radius 1 is 1.30 bits per heavy atom. The number of ether oxygens (including phenoxy) is 2. The minimum Gasteiger partial charge on any atom is -0.495 e. The predicted octanol–water partition coefficient (Wildman–Crippen LogP) is 2.68. The highest BCUT2D eigenvalue weighted by Crippen LogP contribution is 2.35. The van der Waals surface area contributed by atoms with E-state index >= 15 is 0 Å². The molecule has 0 aliphatic rings. The summed E-state index contributed by atoms with van der Waals surface area (Å²) in [6, 6.07) is 3.54. The van der Waals surface area contributed by atoms with Crippen LogP contribution in [0.5, 0.6) is 11.5 Å². The number of rotatable bonds is 7. The minimum absolute atomic E-state index is 0.148. The van der Waals surface area contributed by atoms with Crippen LogP contribution in [-0.4, -0.2) is 32.7 Å². The average molecular weight is 301 g/mol. The van der Waals surface area contributed by atoms with Gasteiger partial charge in [-0.3, -0.25) is 4.79 Å². The zero-order valence-corrected chi connectivity index (χ0v) is 13.0. The molecule has 6 heteroatoms. The lowest BCUT2D eigenvalue weighted by Crippen LogP contribution is -2.34. The smallest absolute Gasteiger partial charge is 0.238 e. The Hall–Kier alpha value is -1.46. The minimum atomic E-state index is -0.148. The van der Waals surface area contributed by atoms with Crippen molar-refractivity contribution >= 4 is 23.2 Å². The Morgan fingerprint density at radius 3 is 2.50 bits per heavy atom. The zero-order chi connectivity index (χ0) is 15.1. The lowest BCUT2D eigenvalue weighted by molar-refractivity contribution is -0.115. The van der Waals surface area contributed by atoms with Crippen molar-refractivity contribution in [1.82, 2.24) is 5.32 Å². The van der Waals surface area contributed by atoms with Crippen LogP contribution in [0.4, 0.5) is 5.69 Å². The number of benzene rings is 1. The SMILES string of the molecule is CCC(C)NCC(=O)Nc1cc(Cl)c(OC)cc1OC. The molecule has 0 spiro atoms. The van der Waals surface area contributed by atoms with Crippen LogP contribution in [0.3, 0.4) is 0 Å². The van der Waals surface area contributed by atoms with Crippen molar-refractivity contribution in [2.45, 2.75) is 26.3 Å². The van der Waals surface area contributed by atoms with Gasteiger partial charge in [0, 0.05) is 12.1 Å². The molecule has 1 amide bonds. The number of amides is 1. The van der Waals surface area contributed by atoms with Crippen molar-refractivity contribution < 1.29 is 14.3 Å². The topological polar surface area (TPSA) is 59.6 Å². The third kappa shape index (κ3) is 4.58. The first kappa shape index (κ1) is 16.6. The molecule has 1 atom stereocenters. The van der Waals surface area contributed by atoms with Gasteiger partial charge in [-0.25, -0.2) is 0 Å². The van der Waals surface area contributed by atoms with Crippen LogP contribution < -0.4 is 20.1 Å². The Balaban J connectivity index is 2.76. The largest absolute Gasteiger partial charge is 0.495 e. The second-order valence-electron chi connectivity index (χ2n) is 4.43. The maximum atomic E-state index is 11.9. The molecule has 0 bridgehead atoms. The number of hydrogen-bond donors (Lipinski definition) is 2. The van der Waals surface area contributed by atoms with Crippen LogP contribution in [-0.2, 0) is 4.79 Å². The van der Waals surface area contributed by atoms with Crippen LogP contribution in [0.1, 0.15) is 20.3 Å². The van der Waals surface area contributed by atoms with E-state index in [9.17, 15) is 4.79 Å². The summed E-state index contributed by atoms with van der Waals surface area (Å²) in [6.45, 7) is 4.32. The fourth-order valence-electron chi connectivity index (χ4n) is 1.56. The second-order valence-corrected chi connectivity index (χ2v) is 4.83. The van der Waals surface area contributed by atoms with Gasteiger partial charge in [0.15, 0.2) is 0 Å². The molecule has 0 aliphatic heterocycles. The quantitative estimate of drug-likeness (QED) is 0.813. The molecule has 0 radical (unpaired) electrons. The summed E-state index contributed by atoms with van der Waals surface area (Å²) in [6.07, 6.45) is 0.963. The van der Waals surface area contributed by atoms with Crippen LogP contribution in [0.25, 0.3) is 0 Å². The fourth-order valence-corrected chi connectivity index (χ4v) is 1.80. The van der Waals surface area contributed by atoms with E-state index in [2.05, 4.69) is 17.6 Å². The number of anilines is 1. The molecule has 0 saturated carbocycles. The average Bonchev–Trinajstić information content (AvgIpc) is 2.45. The molecule has 2 N–H and O–H groups in total. The predicted molar refractivity (Wildman–Crippen MR) is 80.9 cm³/mol. The Kier molecular flexibility index (Phi) is 6.61. The molecule has 1 aromatic carbocycles. The van der Waals surface area contributed by atoms with Gasteiger partial charge in [-0.2, -0.15) is 0 Å². The normalized spacial score (nSPS) is 11.8. The zero-order valence-electron chi connectivity index (χ0n) is 12.2. The van der Waals surface area contributed by atoms with Crippen LogP contribution in [0, 0.1) is 0 Å². The fraction of sp³-hybridized carbons (Fsp3) is 0.500. The van der Waals surface area contributed by atoms with Gasteiger partial charge in [0.05, 0.1) is 31.5 Å². The van der Waals surface area contributed by atoms with E-state index in [1.807, 2.05) is 6.92 Å². The van der Waals surface area contributed by atoms with Gasteiger partial charge in [-0.15, -0.1) is 0 Å². The Morgan fingerprint density at radius 2 is 1.95 bits per heavy atom. The molecule has 1 rings (SSSR count). The maximum absolute atomic E-state index is 11.9. The molecule has 20 heavy (non-hydrogen) atoms. The van der Waals surface area contributed by atoms with Gasteiger partial charge in [-0.1, -0.05) is 18.5 Å². The monoisotopic (exact) mass is 300 g/mol. The third-order valence-electron chi connectivity index (χ3n) is 2.97. The first-order valence-corrected chi connectivity index (χ1v) is 6.84. The standard InChI is InChI=1S/C14H21ClN2O3/c1-5-9(2)16-8-14(18)17-11-6-10(15)12(19-3)7-13(11)20-4/h6-7,9,16H,5,8H2,1-4H3,(H,17,18). The Bertz CT molecular complexity index is 466. The molecule has 0 saturated heterocycles. The van der Waals surface area contributed by atoms with E-state index in [1.54, 1.807) is 12.1 Å². The van der Waals surface area contributed by atoms with Crippen molar-refractivity contribution in [2.75, 3.05) is 26.1 Å². The lowest BCUT2D eigenvalue weighted by atomic mass is 10.2. The summed E-state index contributed by atoms with van der Waals surface area (Å²) < 4.78 is 10.3. The first-order valence-electron chi connectivity index (χ1n) is 6.46. The van der Waals surface area contributed by atoms with Gasteiger partial charge >= 0.3 is 0 Å². The molecule has 1 unspecified atom stereocenters. The van der Waals surface area contributed by atoms with Crippen LogP contribution in [0.2, 0.25) is 5.02 Å². The lowest BCUT2D eigenvalue weighted by Gasteiger charge is -2.14. The van der Waals surface area contributed by atoms with Gasteiger partial charge in [0.25, 0.3) is 0 Å². The van der Waals surface area contributed by atoms with E-state index in [4.69, 9.17) is 21.1 Å². The van der Waals surface area contributed by atoms with Gasteiger partial charge in [0.2, 0.25) is 5.91 Å². The Labute approximate surface area is 124 Å². The number of methoxy groups -OCH3 is 2. The molecule has 112 valence electrons. The molecular weight excluding hydrogens is 280 g/mol. The summed E-state index contributed by atoms with van der Waals surface area (Å²) in [5, 5.41) is 6.30. The van der Waals surface area contributed by atoms with E-state index < -0.39 is 0 Å². The summed E-state index contributed by atoms with van der Waals surface area (Å²) >= 11 is 6.04. The van der Waals surface area contributed by atoms with E-state index in [0.29, 0.717) is 28.3 Å². The molecule has 5 nitrogen and oxygen atoms in total. The van der Waals surface area contributed by atoms with E-state index in [1.165, 1.54) is 14.2 Å². The van der Waals surface area contributed by atoms with Crippen molar-refractivity contribution in [3.8, 4) is 11.5 Å². The molecule has 0 heterocycles. The summed E-state index contributed by atoms with van der Waals surface area (Å²) in [4.78, 5) is 11.9. The summed E-state index contributed by atoms with van der Waals surface area (Å²) in [5.41, 5.74) is 0.522. The molecule has 1 aromatic rings. The highest BCUT2D eigenvalue weighted by atomic mass is 35.5. The van der Waals surface area contributed by atoms with Crippen LogP contribution in [0.15, 0.2) is 12.1 Å². The number of carbonyl (C=O) groups excluding carboxylic acids is 1. The van der Waals surface area contributed by atoms with Crippen LogP contribution >= 0.6 is 11.6 Å². The molecule has 0 fully saturated rings. The number of hydrogen-bond acceptors (Lipinski definition) is 4. The number of halogens is 1. The van der Waals surface area contributed by atoms with Gasteiger partial charge in [-0.05, 0) is 19.4 Å². The van der Waals surface area contributed by atoms with Crippen molar-refractivity contribution in [2.24, 2.45) is 0 Å². The molecular formula is C14H21ClN2O3. The summed E-state index contributed by atoms with van der Waals surface area (Å²) in [5.74, 6) is 0.854. The highest BCUT2D eigenvalue weighted by molar-refractivity contribution is 6.32. The van der Waals surface area contributed by atoms with E-state index in [-0.39, 0.29) is 12.5 Å². The first-order chi connectivity index (χ1) is 9.51.